The highest BCUT2D eigenvalue weighted by molar-refractivity contribution is 7.99. The number of hydrogen-bond acceptors (Lipinski definition) is 4. The Morgan fingerprint density at radius 1 is 1.25 bits per heavy atom. The maximum absolute atomic E-state index is 11.4. The fraction of sp³-hybridized carbons (Fsp3) is 0.533. The van der Waals surface area contributed by atoms with Gasteiger partial charge in [-0.15, -0.1) is 0 Å². The molecule has 0 atom stereocenters. The van der Waals surface area contributed by atoms with E-state index in [1.165, 1.54) is 30.2 Å². The highest BCUT2D eigenvalue weighted by Crippen LogP contribution is 2.13. The number of hydrogen-bond donors (Lipinski definition) is 2. The average molecular weight is 293 g/mol. The van der Waals surface area contributed by atoms with E-state index in [9.17, 15) is 4.79 Å². The Hall–Kier alpha value is -1.04. The molecule has 1 aliphatic heterocycles. The van der Waals surface area contributed by atoms with E-state index in [-0.39, 0.29) is 5.91 Å². The van der Waals surface area contributed by atoms with Crippen LogP contribution in [0.15, 0.2) is 24.3 Å². The molecular weight excluding hydrogens is 270 g/mol. The molecule has 1 aromatic carbocycles. The summed E-state index contributed by atoms with van der Waals surface area (Å²) in [4.78, 5) is 14.0. The zero-order valence-corrected chi connectivity index (χ0v) is 12.6. The molecule has 0 aliphatic carbocycles. The van der Waals surface area contributed by atoms with Crippen molar-refractivity contribution in [3.8, 4) is 0 Å². The number of rotatable bonds is 6. The second kappa shape index (κ2) is 8.29. The summed E-state index contributed by atoms with van der Waals surface area (Å²) in [7, 11) is 0. The smallest absolute Gasteiger partial charge is 0.225 e. The van der Waals surface area contributed by atoms with E-state index < -0.39 is 0 Å². The predicted molar refractivity (Wildman–Crippen MR) is 86.2 cm³/mol. The summed E-state index contributed by atoms with van der Waals surface area (Å²) >= 11 is 2.04. The van der Waals surface area contributed by atoms with Crippen molar-refractivity contribution >= 4 is 23.4 Å². The molecule has 1 amide bonds. The normalized spacial score (nSPS) is 16.1. The van der Waals surface area contributed by atoms with Gasteiger partial charge in [-0.25, -0.2) is 0 Å². The molecule has 4 nitrogen and oxygen atoms in total. The van der Waals surface area contributed by atoms with E-state index in [4.69, 9.17) is 5.73 Å². The summed E-state index contributed by atoms with van der Waals surface area (Å²) in [5.41, 5.74) is 7.52. The van der Waals surface area contributed by atoms with Gasteiger partial charge in [0.2, 0.25) is 5.91 Å². The first-order valence-electron chi connectivity index (χ1n) is 7.17. The van der Waals surface area contributed by atoms with Gasteiger partial charge in [0.05, 0.1) is 0 Å². The number of anilines is 1. The van der Waals surface area contributed by atoms with Crippen LogP contribution in [0.2, 0.25) is 0 Å². The van der Waals surface area contributed by atoms with Crippen LogP contribution in [-0.2, 0) is 11.2 Å². The standard InChI is InChI=1S/C15H23N3OS/c16-7-5-15(19)17-14-3-1-13(2-4-14)6-8-18-9-11-20-12-10-18/h1-4H,5-12,16H2,(H,17,19). The molecule has 0 aromatic heterocycles. The first-order chi connectivity index (χ1) is 9.78. The number of carbonyl (C=O) groups is 1. The Kier molecular flexibility index (Phi) is 6.36. The Labute approximate surface area is 125 Å². The van der Waals surface area contributed by atoms with Crippen molar-refractivity contribution in [3.05, 3.63) is 29.8 Å². The molecule has 110 valence electrons. The van der Waals surface area contributed by atoms with E-state index in [0.29, 0.717) is 13.0 Å². The van der Waals surface area contributed by atoms with Crippen LogP contribution in [-0.4, -0.2) is 48.5 Å². The van der Waals surface area contributed by atoms with Crippen LogP contribution in [0.1, 0.15) is 12.0 Å². The number of nitrogens with two attached hydrogens (primary N) is 1. The van der Waals surface area contributed by atoms with Gasteiger partial charge >= 0.3 is 0 Å². The lowest BCUT2D eigenvalue weighted by Crippen LogP contribution is -2.34. The highest BCUT2D eigenvalue weighted by atomic mass is 32.2. The zero-order valence-electron chi connectivity index (χ0n) is 11.8. The Morgan fingerprint density at radius 2 is 1.95 bits per heavy atom. The van der Waals surface area contributed by atoms with Crippen LogP contribution in [0.4, 0.5) is 5.69 Å². The molecular formula is C15H23N3OS. The molecule has 0 spiro atoms. The van der Waals surface area contributed by atoms with Crippen molar-refractivity contribution in [1.29, 1.82) is 0 Å². The fourth-order valence-corrected chi connectivity index (χ4v) is 3.20. The van der Waals surface area contributed by atoms with E-state index in [1.807, 2.05) is 23.9 Å². The van der Waals surface area contributed by atoms with E-state index in [1.54, 1.807) is 0 Å². The third-order valence-corrected chi connectivity index (χ3v) is 4.37. The van der Waals surface area contributed by atoms with Crippen molar-refractivity contribution in [2.24, 2.45) is 5.73 Å². The molecule has 1 fully saturated rings. The minimum atomic E-state index is -0.0222. The summed E-state index contributed by atoms with van der Waals surface area (Å²) in [6, 6.07) is 8.12. The predicted octanol–water partition coefficient (Wildman–Crippen LogP) is 1.57. The minimum Gasteiger partial charge on any atom is -0.330 e. The molecule has 1 aromatic rings. The maximum atomic E-state index is 11.4. The lowest BCUT2D eigenvalue weighted by Gasteiger charge is -2.26. The second-order valence-corrected chi connectivity index (χ2v) is 6.21. The molecule has 20 heavy (non-hydrogen) atoms. The summed E-state index contributed by atoms with van der Waals surface area (Å²) < 4.78 is 0. The molecule has 0 saturated carbocycles. The van der Waals surface area contributed by atoms with Crippen LogP contribution in [0, 0.1) is 0 Å². The first-order valence-corrected chi connectivity index (χ1v) is 8.32. The number of carbonyl (C=O) groups excluding carboxylic acids is 1. The lowest BCUT2D eigenvalue weighted by atomic mass is 10.1. The van der Waals surface area contributed by atoms with Gasteiger partial charge in [-0.1, -0.05) is 12.1 Å². The molecule has 3 N–H and O–H groups in total. The summed E-state index contributed by atoms with van der Waals surface area (Å²) in [5.74, 6) is 2.49. The van der Waals surface area contributed by atoms with Gasteiger partial charge in [0.15, 0.2) is 0 Å². The fourth-order valence-electron chi connectivity index (χ4n) is 2.22. The quantitative estimate of drug-likeness (QED) is 0.836. The highest BCUT2D eigenvalue weighted by Gasteiger charge is 2.09. The Morgan fingerprint density at radius 3 is 2.60 bits per heavy atom. The van der Waals surface area contributed by atoms with Crippen molar-refractivity contribution in [1.82, 2.24) is 4.90 Å². The van der Waals surface area contributed by atoms with E-state index in [2.05, 4.69) is 22.3 Å². The number of amides is 1. The van der Waals surface area contributed by atoms with Gasteiger partial charge in [0.25, 0.3) is 0 Å². The van der Waals surface area contributed by atoms with Crippen LogP contribution in [0.5, 0.6) is 0 Å². The number of nitrogens with one attached hydrogen (secondary N) is 1. The Balaban J connectivity index is 1.77. The van der Waals surface area contributed by atoms with Gasteiger partial charge in [0, 0.05) is 49.8 Å². The van der Waals surface area contributed by atoms with E-state index in [0.717, 1.165) is 18.7 Å². The minimum absolute atomic E-state index is 0.0222. The summed E-state index contributed by atoms with van der Waals surface area (Å²) in [5, 5.41) is 2.84. The zero-order chi connectivity index (χ0) is 14.2. The lowest BCUT2D eigenvalue weighted by molar-refractivity contribution is -0.116. The SMILES string of the molecule is NCCC(=O)Nc1ccc(CCN2CCSCC2)cc1. The van der Waals surface area contributed by atoms with Gasteiger partial charge in [-0.3, -0.25) is 4.79 Å². The topological polar surface area (TPSA) is 58.4 Å². The van der Waals surface area contributed by atoms with Crippen molar-refractivity contribution in [2.75, 3.05) is 43.0 Å². The summed E-state index contributed by atoms with van der Waals surface area (Å²) in [6.07, 6.45) is 1.44. The van der Waals surface area contributed by atoms with Gasteiger partial charge in [-0.05, 0) is 24.1 Å². The number of benzene rings is 1. The Bertz CT molecular complexity index is 416. The van der Waals surface area contributed by atoms with Gasteiger partial charge < -0.3 is 16.0 Å². The third kappa shape index (κ3) is 5.15. The molecule has 5 heteroatoms. The number of thioether (sulfide) groups is 1. The molecule has 1 heterocycles. The van der Waals surface area contributed by atoms with Gasteiger partial charge in [0.1, 0.15) is 0 Å². The molecule has 0 radical (unpaired) electrons. The molecule has 0 bridgehead atoms. The average Bonchev–Trinajstić information content (AvgIpc) is 2.48. The second-order valence-electron chi connectivity index (χ2n) is 4.99. The number of nitrogens with zero attached hydrogens (tertiary/aromatic N) is 1. The molecule has 1 aliphatic rings. The van der Waals surface area contributed by atoms with Crippen LogP contribution < -0.4 is 11.1 Å². The van der Waals surface area contributed by atoms with E-state index >= 15 is 0 Å². The third-order valence-electron chi connectivity index (χ3n) is 3.43. The molecule has 1 saturated heterocycles. The van der Waals surface area contributed by atoms with Crippen molar-refractivity contribution < 1.29 is 4.79 Å². The van der Waals surface area contributed by atoms with Crippen molar-refractivity contribution in [2.45, 2.75) is 12.8 Å². The molecule has 2 rings (SSSR count). The summed E-state index contributed by atoms with van der Waals surface area (Å²) in [6.45, 7) is 3.92. The largest absolute Gasteiger partial charge is 0.330 e. The molecule has 0 unspecified atom stereocenters. The monoisotopic (exact) mass is 293 g/mol. The van der Waals surface area contributed by atoms with Crippen LogP contribution >= 0.6 is 11.8 Å². The van der Waals surface area contributed by atoms with Crippen molar-refractivity contribution in [3.63, 3.8) is 0 Å². The van der Waals surface area contributed by atoms with Gasteiger partial charge in [-0.2, -0.15) is 11.8 Å². The van der Waals surface area contributed by atoms with Crippen LogP contribution in [0.25, 0.3) is 0 Å². The van der Waals surface area contributed by atoms with Crippen LogP contribution in [0.3, 0.4) is 0 Å². The maximum Gasteiger partial charge on any atom is 0.225 e. The first kappa shape index (κ1) is 15.4.